The summed E-state index contributed by atoms with van der Waals surface area (Å²) in [6, 6.07) is -0.159. The molecule has 0 bridgehead atoms. The first-order valence-electron chi connectivity index (χ1n) is 8.44. The molecule has 0 aromatic carbocycles. The number of ether oxygens (including phenoxy) is 1. The van der Waals surface area contributed by atoms with Gasteiger partial charge in [0.2, 0.25) is 15.9 Å². The molecular formula is C15H29N3O5S. The lowest BCUT2D eigenvalue weighted by Crippen LogP contribution is -2.50. The maximum atomic E-state index is 12.1. The van der Waals surface area contributed by atoms with E-state index in [2.05, 4.69) is 5.32 Å². The average molecular weight is 363 g/mol. The highest BCUT2D eigenvalue weighted by Gasteiger charge is 2.31. The van der Waals surface area contributed by atoms with Crippen molar-refractivity contribution in [2.45, 2.75) is 45.6 Å². The smallest absolute Gasteiger partial charge is 0.409 e. The molecule has 140 valence electrons. The number of amides is 2. The minimum Gasteiger partial charge on any atom is -0.450 e. The van der Waals surface area contributed by atoms with Gasteiger partial charge < -0.3 is 15.0 Å². The van der Waals surface area contributed by atoms with E-state index in [1.54, 1.807) is 11.8 Å². The molecule has 1 fully saturated rings. The van der Waals surface area contributed by atoms with Crippen molar-refractivity contribution in [3.05, 3.63) is 0 Å². The van der Waals surface area contributed by atoms with E-state index in [4.69, 9.17) is 4.74 Å². The van der Waals surface area contributed by atoms with Crippen LogP contribution in [0.3, 0.4) is 0 Å². The van der Waals surface area contributed by atoms with Crippen LogP contribution in [0.4, 0.5) is 4.79 Å². The Balaban J connectivity index is 2.55. The maximum Gasteiger partial charge on any atom is 0.409 e. The van der Waals surface area contributed by atoms with Gasteiger partial charge in [-0.1, -0.05) is 6.92 Å². The molecule has 0 spiro atoms. The number of nitrogens with one attached hydrogen (secondary N) is 1. The first-order chi connectivity index (χ1) is 11.3. The van der Waals surface area contributed by atoms with Crippen LogP contribution in [0.2, 0.25) is 0 Å². The summed E-state index contributed by atoms with van der Waals surface area (Å²) >= 11 is 0. The number of piperidine rings is 1. The molecule has 8 nitrogen and oxygen atoms in total. The molecular weight excluding hydrogens is 334 g/mol. The molecule has 1 aliphatic rings. The topological polar surface area (TPSA) is 96.0 Å². The Morgan fingerprint density at radius 3 is 2.38 bits per heavy atom. The number of carbonyl (C=O) groups is 2. The molecule has 9 heteroatoms. The third kappa shape index (κ3) is 6.64. The van der Waals surface area contributed by atoms with Gasteiger partial charge in [-0.15, -0.1) is 0 Å². The van der Waals surface area contributed by atoms with Crippen molar-refractivity contribution in [2.24, 2.45) is 0 Å². The summed E-state index contributed by atoms with van der Waals surface area (Å²) in [6.45, 7) is 5.48. The summed E-state index contributed by atoms with van der Waals surface area (Å²) in [6.07, 6.45) is 3.15. The van der Waals surface area contributed by atoms with Gasteiger partial charge in [-0.2, -0.15) is 4.31 Å². The van der Waals surface area contributed by atoms with E-state index in [1.165, 1.54) is 10.6 Å². The van der Waals surface area contributed by atoms with Crippen molar-refractivity contribution in [2.75, 3.05) is 39.0 Å². The second-order valence-corrected chi connectivity index (χ2v) is 7.83. The van der Waals surface area contributed by atoms with Crippen molar-refractivity contribution < 1.29 is 22.7 Å². The highest BCUT2D eigenvalue weighted by Crippen LogP contribution is 2.19. The lowest BCUT2D eigenvalue weighted by Gasteiger charge is -2.36. The number of sulfonamides is 1. The maximum absolute atomic E-state index is 12.1. The van der Waals surface area contributed by atoms with Crippen molar-refractivity contribution in [3.63, 3.8) is 0 Å². The molecule has 24 heavy (non-hydrogen) atoms. The number of nitrogens with zero attached hydrogens (tertiary/aromatic N) is 2. The van der Waals surface area contributed by atoms with Crippen LogP contribution >= 0.6 is 0 Å². The highest BCUT2D eigenvalue weighted by atomic mass is 32.2. The van der Waals surface area contributed by atoms with Crippen LogP contribution in [-0.4, -0.2) is 74.7 Å². The molecule has 0 radical (unpaired) electrons. The van der Waals surface area contributed by atoms with E-state index >= 15 is 0 Å². The predicted octanol–water partition coefficient (Wildman–Crippen LogP) is 0.785. The first kappa shape index (κ1) is 20.7. The second kappa shape index (κ2) is 9.83. The Kier molecular flexibility index (Phi) is 8.47. The fraction of sp³-hybridized carbons (Fsp3) is 0.867. The molecule has 0 atom stereocenters. The molecule has 0 aromatic heterocycles. The Hall–Kier alpha value is -1.35. The number of rotatable bonds is 8. The van der Waals surface area contributed by atoms with Gasteiger partial charge in [-0.3, -0.25) is 4.79 Å². The van der Waals surface area contributed by atoms with E-state index in [0.29, 0.717) is 45.5 Å². The lowest BCUT2D eigenvalue weighted by atomic mass is 10.1. The number of hydrogen-bond donors (Lipinski definition) is 1. The highest BCUT2D eigenvalue weighted by molar-refractivity contribution is 7.88. The standard InChI is InChI=1S/C15H29N3O5S/c1-4-6-14(19)16-9-12-18(24(3,21)22)13-7-10-17(11-8-13)15(20)23-5-2/h13H,4-12H2,1-3H3,(H,16,19). The van der Waals surface area contributed by atoms with Crippen molar-refractivity contribution in [1.82, 2.24) is 14.5 Å². The molecule has 1 aliphatic heterocycles. The summed E-state index contributed by atoms with van der Waals surface area (Å²) < 4.78 is 30.5. The van der Waals surface area contributed by atoms with Gasteiger partial charge in [-0.25, -0.2) is 13.2 Å². The molecule has 1 N–H and O–H groups in total. The molecule has 0 unspecified atom stereocenters. The molecule has 0 aromatic rings. The summed E-state index contributed by atoms with van der Waals surface area (Å²) in [7, 11) is -3.38. The van der Waals surface area contributed by atoms with E-state index in [1.807, 2.05) is 6.92 Å². The van der Waals surface area contributed by atoms with Crippen molar-refractivity contribution in [3.8, 4) is 0 Å². The largest absolute Gasteiger partial charge is 0.450 e. The molecule has 1 saturated heterocycles. The van der Waals surface area contributed by atoms with Gasteiger partial charge in [0.1, 0.15) is 0 Å². The number of carbonyl (C=O) groups excluding carboxylic acids is 2. The van der Waals surface area contributed by atoms with Crippen LogP contribution in [0.1, 0.15) is 39.5 Å². The van der Waals surface area contributed by atoms with E-state index in [0.717, 1.165) is 6.42 Å². The third-order valence-corrected chi connectivity index (χ3v) is 5.29. The van der Waals surface area contributed by atoms with E-state index in [-0.39, 0.29) is 24.6 Å². The third-order valence-electron chi connectivity index (χ3n) is 3.96. The van der Waals surface area contributed by atoms with Gasteiger partial charge in [0.05, 0.1) is 12.9 Å². The SMILES string of the molecule is CCCC(=O)NCCN(C1CCN(C(=O)OCC)CC1)S(C)(=O)=O. The monoisotopic (exact) mass is 363 g/mol. The summed E-state index contributed by atoms with van der Waals surface area (Å²) in [5, 5.41) is 2.74. The fourth-order valence-electron chi connectivity index (χ4n) is 2.79. The van der Waals surface area contributed by atoms with Crippen LogP contribution in [0, 0.1) is 0 Å². The second-order valence-electron chi connectivity index (χ2n) is 5.89. The van der Waals surface area contributed by atoms with Gasteiger partial charge >= 0.3 is 6.09 Å². The lowest BCUT2D eigenvalue weighted by molar-refractivity contribution is -0.121. The predicted molar refractivity (Wildman–Crippen MR) is 91.1 cm³/mol. The van der Waals surface area contributed by atoms with Crippen LogP contribution in [0.15, 0.2) is 0 Å². The van der Waals surface area contributed by atoms with Gasteiger partial charge in [-0.05, 0) is 26.2 Å². The zero-order chi connectivity index (χ0) is 18.2. The fourth-order valence-corrected chi connectivity index (χ4v) is 3.97. The minimum atomic E-state index is -3.38. The zero-order valence-corrected chi connectivity index (χ0v) is 15.6. The molecule has 0 saturated carbocycles. The van der Waals surface area contributed by atoms with Crippen LogP contribution in [-0.2, 0) is 19.6 Å². The van der Waals surface area contributed by atoms with E-state index < -0.39 is 10.0 Å². The Bertz CT molecular complexity index is 515. The van der Waals surface area contributed by atoms with Crippen molar-refractivity contribution in [1.29, 1.82) is 0 Å². The molecule has 1 rings (SSSR count). The average Bonchev–Trinajstić information content (AvgIpc) is 2.51. The first-order valence-corrected chi connectivity index (χ1v) is 10.3. The summed E-state index contributed by atoms with van der Waals surface area (Å²) in [5.41, 5.74) is 0. The van der Waals surface area contributed by atoms with Crippen LogP contribution in [0.25, 0.3) is 0 Å². The normalized spacial score (nSPS) is 16.2. The van der Waals surface area contributed by atoms with E-state index in [9.17, 15) is 18.0 Å². The van der Waals surface area contributed by atoms with Crippen LogP contribution < -0.4 is 5.32 Å². The number of hydrogen-bond acceptors (Lipinski definition) is 5. The van der Waals surface area contributed by atoms with Gasteiger partial charge in [0.25, 0.3) is 0 Å². The van der Waals surface area contributed by atoms with Crippen molar-refractivity contribution >= 4 is 22.0 Å². The van der Waals surface area contributed by atoms with Crippen LogP contribution in [0.5, 0.6) is 0 Å². The molecule has 0 aliphatic carbocycles. The quantitative estimate of drug-likeness (QED) is 0.688. The van der Waals surface area contributed by atoms with Gasteiger partial charge in [0.15, 0.2) is 0 Å². The zero-order valence-electron chi connectivity index (χ0n) is 14.8. The summed E-state index contributed by atoms with van der Waals surface area (Å²) in [5.74, 6) is -0.0666. The molecule has 1 heterocycles. The Morgan fingerprint density at radius 1 is 1.25 bits per heavy atom. The van der Waals surface area contributed by atoms with Gasteiger partial charge in [0, 0.05) is 38.6 Å². The summed E-state index contributed by atoms with van der Waals surface area (Å²) in [4.78, 5) is 24.8. The number of likely N-dealkylation sites (tertiary alicyclic amines) is 1. The Morgan fingerprint density at radius 2 is 1.88 bits per heavy atom. The molecule has 2 amide bonds. The Labute approximate surface area is 144 Å². The minimum absolute atomic E-state index is 0.0666.